The van der Waals surface area contributed by atoms with Gasteiger partial charge in [-0.1, -0.05) is 30.3 Å². The Morgan fingerprint density at radius 3 is 2.79 bits per heavy atom. The summed E-state index contributed by atoms with van der Waals surface area (Å²) in [5.74, 6) is 2.56. The topological polar surface area (TPSA) is 38.3 Å². The van der Waals surface area contributed by atoms with Crippen LogP contribution in [0.25, 0.3) is 0 Å². The van der Waals surface area contributed by atoms with Gasteiger partial charge in [-0.2, -0.15) is 0 Å². The third-order valence-electron chi connectivity index (χ3n) is 5.27. The molecule has 4 rings (SSSR count). The second-order valence-corrected chi connectivity index (χ2v) is 6.18. The highest BCUT2D eigenvalue weighted by atomic mass is 16.5. The third-order valence-corrected chi connectivity index (χ3v) is 5.27. The van der Waals surface area contributed by atoms with Crippen LogP contribution in [-0.2, 0) is 9.53 Å². The summed E-state index contributed by atoms with van der Waals surface area (Å²) in [6.45, 7) is 0.982. The number of rotatable bonds is 1. The third kappa shape index (κ3) is 1.79. The number of carbonyl (C=O) groups excluding carboxylic acids is 1. The number of benzene rings is 1. The highest BCUT2D eigenvalue weighted by molar-refractivity contribution is 5.78. The Morgan fingerprint density at radius 2 is 1.95 bits per heavy atom. The van der Waals surface area contributed by atoms with Crippen LogP contribution in [0.15, 0.2) is 30.3 Å². The lowest BCUT2D eigenvalue weighted by Gasteiger charge is -2.34. The number of nitrogens with one attached hydrogen (secondary N) is 1. The molecule has 2 aliphatic carbocycles. The Hall–Kier alpha value is -1.35. The molecule has 3 aliphatic rings. The fraction of sp³-hybridized carbons (Fsp3) is 0.562. The van der Waals surface area contributed by atoms with E-state index in [9.17, 15) is 4.79 Å². The Morgan fingerprint density at radius 1 is 1.11 bits per heavy atom. The minimum absolute atomic E-state index is 0.0660. The lowest BCUT2D eigenvalue weighted by atomic mass is 9.75. The number of hydrogen-bond donors (Lipinski definition) is 1. The van der Waals surface area contributed by atoms with Gasteiger partial charge in [0.25, 0.3) is 0 Å². The Bertz CT molecular complexity index is 487. The normalized spacial score (nSPS) is 40.6. The van der Waals surface area contributed by atoms with Gasteiger partial charge in [0.15, 0.2) is 0 Å². The van der Waals surface area contributed by atoms with Gasteiger partial charge in [-0.05, 0) is 36.2 Å². The van der Waals surface area contributed by atoms with E-state index >= 15 is 0 Å². The van der Waals surface area contributed by atoms with Crippen molar-refractivity contribution >= 4 is 5.91 Å². The first kappa shape index (κ1) is 11.5. The first-order valence-corrected chi connectivity index (χ1v) is 7.25. The van der Waals surface area contributed by atoms with Gasteiger partial charge in [0, 0.05) is 12.0 Å². The highest BCUT2D eigenvalue weighted by Gasteiger charge is 2.53. The molecule has 2 bridgehead atoms. The summed E-state index contributed by atoms with van der Waals surface area (Å²) in [7, 11) is 0. The minimum atomic E-state index is 0.0660. The van der Waals surface area contributed by atoms with Crippen LogP contribution in [0.2, 0.25) is 0 Å². The van der Waals surface area contributed by atoms with Gasteiger partial charge in [-0.3, -0.25) is 4.79 Å². The van der Waals surface area contributed by atoms with E-state index in [1.807, 2.05) is 0 Å². The zero-order valence-corrected chi connectivity index (χ0v) is 10.9. The van der Waals surface area contributed by atoms with Crippen molar-refractivity contribution in [1.29, 1.82) is 0 Å². The number of ether oxygens (including phenoxy) is 1. The molecule has 0 aromatic heterocycles. The van der Waals surface area contributed by atoms with Crippen LogP contribution >= 0.6 is 0 Å². The van der Waals surface area contributed by atoms with Crippen molar-refractivity contribution in [3.8, 4) is 0 Å². The Labute approximate surface area is 113 Å². The molecule has 3 heteroatoms. The maximum absolute atomic E-state index is 11.6. The summed E-state index contributed by atoms with van der Waals surface area (Å²) in [6.07, 6.45) is 2.47. The van der Waals surface area contributed by atoms with Gasteiger partial charge in [-0.15, -0.1) is 0 Å². The summed E-state index contributed by atoms with van der Waals surface area (Å²) in [6, 6.07) is 11.2. The molecule has 1 heterocycles. The van der Waals surface area contributed by atoms with Gasteiger partial charge in [0.1, 0.15) is 6.61 Å². The predicted octanol–water partition coefficient (Wildman–Crippen LogP) is 1.94. The SMILES string of the molecule is O=C1COC[C@@H]2[C@H]3C[C@H](C[C@@H]3c3ccccc3)[C@@H]2N1. The van der Waals surface area contributed by atoms with E-state index < -0.39 is 0 Å². The van der Waals surface area contributed by atoms with E-state index in [2.05, 4.69) is 35.6 Å². The Kier molecular flexibility index (Phi) is 2.62. The van der Waals surface area contributed by atoms with Crippen LogP contribution in [0.4, 0.5) is 0 Å². The van der Waals surface area contributed by atoms with Crippen LogP contribution in [0.1, 0.15) is 24.3 Å². The molecular formula is C16H19NO2. The number of carbonyl (C=O) groups is 1. The molecule has 0 spiro atoms. The summed E-state index contributed by atoms with van der Waals surface area (Å²) in [5, 5.41) is 3.18. The van der Waals surface area contributed by atoms with Crippen LogP contribution in [-0.4, -0.2) is 25.2 Å². The van der Waals surface area contributed by atoms with E-state index in [0.717, 1.165) is 6.61 Å². The average Bonchev–Trinajstić information content (AvgIpc) is 2.93. The molecule has 1 aliphatic heterocycles. The van der Waals surface area contributed by atoms with E-state index in [1.54, 1.807) is 0 Å². The van der Waals surface area contributed by atoms with E-state index in [-0.39, 0.29) is 12.5 Å². The average molecular weight is 257 g/mol. The molecule has 1 aromatic rings. The fourth-order valence-corrected chi connectivity index (χ4v) is 4.54. The number of hydrogen-bond acceptors (Lipinski definition) is 2. The van der Waals surface area contributed by atoms with Gasteiger partial charge >= 0.3 is 0 Å². The van der Waals surface area contributed by atoms with Crippen LogP contribution in [0.3, 0.4) is 0 Å². The van der Waals surface area contributed by atoms with Crippen molar-refractivity contribution in [3.63, 3.8) is 0 Å². The lowest BCUT2D eigenvalue weighted by molar-refractivity contribution is -0.124. The van der Waals surface area contributed by atoms with Gasteiger partial charge in [0.05, 0.1) is 6.61 Å². The molecule has 5 atom stereocenters. The van der Waals surface area contributed by atoms with Crippen molar-refractivity contribution in [3.05, 3.63) is 35.9 Å². The van der Waals surface area contributed by atoms with Crippen molar-refractivity contribution in [1.82, 2.24) is 5.32 Å². The predicted molar refractivity (Wildman–Crippen MR) is 71.6 cm³/mol. The Balaban J connectivity index is 1.61. The smallest absolute Gasteiger partial charge is 0.246 e. The largest absolute Gasteiger partial charge is 0.371 e. The van der Waals surface area contributed by atoms with Crippen molar-refractivity contribution < 1.29 is 9.53 Å². The molecule has 2 saturated carbocycles. The molecule has 3 nitrogen and oxygen atoms in total. The molecule has 1 amide bonds. The quantitative estimate of drug-likeness (QED) is 0.835. The first-order chi connectivity index (χ1) is 9.33. The monoisotopic (exact) mass is 257 g/mol. The zero-order chi connectivity index (χ0) is 12.8. The minimum Gasteiger partial charge on any atom is -0.371 e. The van der Waals surface area contributed by atoms with Gasteiger partial charge in [0.2, 0.25) is 5.91 Å². The standard InChI is InChI=1S/C16H19NO2/c18-15-9-19-8-14-13-7-11(16(14)17-15)6-12(13)10-4-2-1-3-5-10/h1-5,11-14,16H,6-9H2,(H,17,18)/t11-,12+,13-,14+,16-/m0/s1. The fourth-order valence-electron chi connectivity index (χ4n) is 4.54. The molecule has 1 aromatic carbocycles. The summed E-state index contributed by atoms with van der Waals surface area (Å²) >= 11 is 0. The maximum Gasteiger partial charge on any atom is 0.246 e. The first-order valence-electron chi connectivity index (χ1n) is 7.25. The molecule has 1 saturated heterocycles. The van der Waals surface area contributed by atoms with Gasteiger partial charge < -0.3 is 10.1 Å². The number of fused-ring (bicyclic) bond motifs is 5. The zero-order valence-electron chi connectivity index (χ0n) is 10.9. The van der Waals surface area contributed by atoms with E-state index in [1.165, 1.54) is 18.4 Å². The molecule has 0 radical (unpaired) electrons. The maximum atomic E-state index is 11.6. The summed E-state index contributed by atoms with van der Waals surface area (Å²) in [4.78, 5) is 11.6. The van der Waals surface area contributed by atoms with E-state index in [0.29, 0.717) is 29.7 Å². The van der Waals surface area contributed by atoms with Crippen LogP contribution < -0.4 is 5.32 Å². The second kappa shape index (κ2) is 4.34. The van der Waals surface area contributed by atoms with Crippen molar-refractivity contribution in [2.24, 2.45) is 17.8 Å². The highest BCUT2D eigenvalue weighted by Crippen LogP contribution is 2.56. The molecule has 3 fully saturated rings. The van der Waals surface area contributed by atoms with Crippen molar-refractivity contribution in [2.75, 3.05) is 13.2 Å². The lowest BCUT2D eigenvalue weighted by Crippen LogP contribution is -2.44. The molecule has 1 N–H and O–H groups in total. The molecule has 0 unspecified atom stereocenters. The van der Waals surface area contributed by atoms with Gasteiger partial charge in [-0.25, -0.2) is 0 Å². The molecule has 100 valence electrons. The van der Waals surface area contributed by atoms with Crippen molar-refractivity contribution in [2.45, 2.75) is 24.8 Å². The number of amides is 1. The molecular weight excluding hydrogens is 238 g/mol. The van der Waals surface area contributed by atoms with E-state index in [4.69, 9.17) is 4.74 Å². The molecule has 19 heavy (non-hydrogen) atoms. The van der Waals surface area contributed by atoms with Crippen LogP contribution in [0.5, 0.6) is 0 Å². The summed E-state index contributed by atoms with van der Waals surface area (Å²) < 4.78 is 5.55. The van der Waals surface area contributed by atoms with Crippen LogP contribution in [0, 0.1) is 17.8 Å². The second-order valence-electron chi connectivity index (χ2n) is 6.18. The summed E-state index contributed by atoms with van der Waals surface area (Å²) in [5.41, 5.74) is 1.46.